The zero-order chi connectivity index (χ0) is 22.9. The third-order valence-corrected chi connectivity index (χ3v) is 6.06. The molecule has 7 nitrogen and oxygen atoms in total. The molecule has 31 heavy (non-hydrogen) atoms. The number of carboxylic acids is 1. The summed E-state index contributed by atoms with van der Waals surface area (Å²) in [6.07, 6.45) is 13.2. The van der Waals surface area contributed by atoms with Crippen LogP contribution in [0, 0.1) is 0 Å². The number of aliphatic hydroxyl groups is 3. The smallest absolute Gasteiger partial charge is 0.305 e. The quantitative estimate of drug-likeness (QED) is 0.220. The average molecular weight is 447 g/mol. The van der Waals surface area contributed by atoms with Crippen molar-refractivity contribution < 1.29 is 34.7 Å². The van der Waals surface area contributed by atoms with Crippen LogP contribution in [0.1, 0.15) is 110 Å². The first kappa shape index (κ1) is 28.3. The van der Waals surface area contributed by atoms with Gasteiger partial charge < -0.3 is 29.9 Å². The van der Waals surface area contributed by atoms with E-state index in [2.05, 4.69) is 0 Å². The molecule has 0 radical (unpaired) electrons. The fourth-order valence-corrected chi connectivity index (χ4v) is 4.02. The molecular formula is C24H46O7. The number of aliphatic hydroxyl groups excluding tert-OH is 3. The molecule has 4 N–H and O–H groups in total. The average Bonchev–Trinajstić information content (AvgIpc) is 2.70. The molecule has 1 rings (SSSR count). The minimum atomic E-state index is -0.927. The number of carbonyl (C=O) groups is 1. The minimum absolute atomic E-state index is 0.140. The van der Waals surface area contributed by atoms with E-state index in [9.17, 15) is 20.1 Å². The molecule has 1 saturated heterocycles. The first-order valence-corrected chi connectivity index (χ1v) is 12.4. The van der Waals surface area contributed by atoms with E-state index < -0.39 is 30.6 Å². The lowest BCUT2D eigenvalue weighted by molar-refractivity contribution is -0.261. The Hall–Kier alpha value is -0.730. The van der Waals surface area contributed by atoms with Crippen LogP contribution in [0.2, 0.25) is 0 Å². The van der Waals surface area contributed by atoms with E-state index >= 15 is 0 Å². The first-order valence-electron chi connectivity index (χ1n) is 12.4. The number of rotatable bonds is 19. The second-order valence-corrected chi connectivity index (χ2v) is 9.09. The number of carboxylic acid groups (broad SMARTS) is 1. The molecule has 0 aromatic rings. The van der Waals surface area contributed by atoms with Crippen molar-refractivity contribution in [1.82, 2.24) is 0 Å². The summed E-state index contributed by atoms with van der Waals surface area (Å²) < 4.78 is 11.1. The number of hydrogen-bond acceptors (Lipinski definition) is 6. The van der Waals surface area contributed by atoms with Crippen molar-refractivity contribution >= 4 is 5.97 Å². The largest absolute Gasteiger partial charge is 0.481 e. The van der Waals surface area contributed by atoms with E-state index in [1.54, 1.807) is 6.92 Å². The molecule has 0 bridgehead atoms. The summed E-state index contributed by atoms with van der Waals surface area (Å²) in [7, 11) is 0. The summed E-state index contributed by atoms with van der Waals surface area (Å²) >= 11 is 0. The topological polar surface area (TPSA) is 116 Å². The van der Waals surface area contributed by atoms with E-state index in [1.807, 2.05) is 0 Å². The van der Waals surface area contributed by atoms with Gasteiger partial charge in [0.25, 0.3) is 0 Å². The molecule has 1 heterocycles. The van der Waals surface area contributed by atoms with E-state index in [1.165, 1.54) is 57.8 Å². The molecule has 0 aliphatic carbocycles. The summed E-state index contributed by atoms with van der Waals surface area (Å²) in [6.45, 7) is 2.38. The fourth-order valence-electron chi connectivity index (χ4n) is 4.02. The number of ether oxygens (including phenoxy) is 2. The monoisotopic (exact) mass is 446 g/mol. The van der Waals surface area contributed by atoms with Crippen LogP contribution in [-0.2, 0) is 14.3 Å². The van der Waals surface area contributed by atoms with Crippen molar-refractivity contribution in [2.24, 2.45) is 0 Å². The van der Waals surface area contributed by atoms with Gasteiger partial charge in [-0.05, 0) is 19.8 Å². The lowest BCUT2D eigenvalue weighted by Crippen LogP contribution is -2.47. The van der Waals surface area contributed by atoms with Crippen LogP contribution in [-0.4, -0.2) is 63.7 Å². The molecule has 5 atom stereocenters. The van der Waals surface area contributed by atoms with Crippen molar-refractivity contribution in [2.45, 2.75) is 140 Å². The molecule has 0 amide bonds. The normalized spacial score (nSPS) is 24.9. The second kappa shape index (κ2) is 17.8. The van der Waals surface area contributed by atoms with Gasteiger partial charge in [0, 0.05) is 13.0 Å². The Kier molecular flexibility index (Phi) is 16.2. The standard InChI is InChI=1S/C24H46O7/c1-19-21(26)18-22(27)24(31-19)30-16-14-12-10-8-6-4-2-3-5-7-9-11-13-15-20(25)17-23(28)29/h19-22,24-27H,2-18H2,1H3,(H,28,29)/t19-,20+,21+,22+,24+/m0/s1. The molecule has 1 fully saturated rings. The zero-order valence-electron chi connectivity index (χ0n) is 19.4. The van der Waals surface area contributed by atoms with E-state index in [0.717, 1.165) is 25.7 Å². The maximum atomic E-state index is 10.5. The molecule has 0 saturated carbocycles. The second-order valence-electron chi connectivity index (χ2n) is 9.09. The molecule has 0 spiro atoms. The Labute approximate surface area is 188 Å². The third-order valence-electron chi connectivity index (χ3n) is 6.06. The SMILES string of the molecule is C[C@@H]1O[C@@H](OCCCCCCCCCCCCCCC[C@@H](O)CC(=O)O)[C@H](O)C[C@H]1O. The molecule has 0 aromatic heterocycles. The summed E-state index contributed by atoms with van der Waals surface area (Å²) in [5.41, 5.74) is 0. The third kappa shape index (κ3) is 14.9. The maximum absolute atomic E-state index is 10.5. The highest BCUT2D eigenvalue weighted by molar-refractivity contribution is 5.67. The van der Waals surface area contributed by atoms with Gasteiger partial charge in [0.2, 0.25) is 0 Å². The predicted molar refractivity (Wildman–Crippen MR) is 120 cm³/mol. The molecular weight excluding hydrogens is 400 g/mol. The van der Waals surface area contributed by atoms with Gasteiger partial charge in [-0.3, -0.25) is 4.79 Å². The van der Waals surface area contributed by atoms with Crippen molar-refractivity contribution in [3.8, 4) is 0 Å². The van der Waals surface area contributed by atoms with Crippen molar-refractivity contribution in [3.05, 3.63) is 0 Å². The minimum Gasteiger partial charge on any atom is -0.481 e. The van der Waals surface area contributed by atoms with Gasteiger partial charge in [-0.15, -0.1) is 0 Å². The van der Waals surface area contributed by atoms with E-state index in [-0.39, 0.29) is 12.5 Å². The summed E-state index contributed by atoms with van der Waals surface area (Å²) in [4.78, 5) is 10.5. The highest BCUT2D eigenvalue weighted by atomic mass is 16.7. The van der Waals surface area contributed by atoms with Crippen LogP contribution in [0.15, 0.2) is 0 Å². The Morgan fingerprint density at radius 3 is 1.87 bits per heavy atom. The van der Waals surface area contributed by atoms with Crippen LogP contribution in [0.25, 0.3) is 0 Å². The van der Waals surface area contributed by atoms with E-state index in [0.29, 0.717) is 19.4 Å². The van der Waals surface area contributed by atoms with Gasteiger partial charge in [0.05, 0.1) is 24.7 Å². The maximum Gasteiger partial charge on any atom is 0.305 e. The summed E-state index contributed by atoms with van der Waals surface area (Å²) in [5, 5.41) is 37.6. The van der Waals surface area contributed by atoms with Crippen LogP contribution >= 0.6 is 0 Å². The highest BCUT2D eigenvalue weighted by Gasteiger charge is 2.34. The zero-order valence-corrected chi connectivity index (χ0v) is 19.4. The molecule has 0 unspecified atom stereocenters. The van der Waals surface area contributed by atoms with Crippen molar-refractivity contribution in [2.75, 3.05) is 6.61 Å². The van der Waals surface area contributed by atoms with Gasteiger partial charge in [-0.2, -0.15) is 0 Å². The van der Waals surface area contributed by atoms with Gasteiger partial charge in [-0.25, -0.2) is 0 Å². The molecule has 0 aromatic carbocycles. The van der Waals surface area contributed by atoms with Gasteiger partial charge in [0.15, 0.2) is 6.29 Å². The molecule has 1 aliphatic heterocycles. The van der Waals surface area contributed by atoms with Crippen LogP contribution in [0.4, 0.5) is 0 Å². The van der Waals surface area contributed by atoms with Crippen LogP contribution < -0.4 is 0 Å². The van der Waals surface area contributed by atoms with Gasteiger partial charge in [0.1, 0.15) is 6.10 Å². The predicted octanol–water partition coefficient (Wildman–Crippen LogP) is 4.16. The Morgan fingerprint density at radius 1 is 0.871 bits per heavy atom. The number of hydrogen-bond donors (Lipinski definition) is 4. The molecule has 184 valence electrons. The Morgan fingerprint density at radius 2 is 1.35 bits per heavy atom. The number of unbranched alkanes of at least 4 members (excludes halogenated alkanes) is 12. The summed E-state index contributed by atoms with van der Waals surface area (Å²) in [5.74, 6) is -0.927. The van der Waals surface area contributed by atoms with Gasteiger partial charge >= 0.3 is 5.97 Å². The van der Waals surface area contributed by atoms with Crippen molar-refractivity contribution in [1.29, 1.82) is 0 Å². The fraction of sp³-hybridized carbons (Fsp3) is 0.958. The Bertz CT molecular complexity index is 446. The van der Waals surface area contributed by atoms with Crippen LogP contribution in [0.3, 0.4) is 0 Å². The first-order chi connectivity index (χ1) is 14.9. The lowest BCUT2D eigenvalue weighted by Gasteiger charge is -2.35. The Balaban J connectivity index is 1.78. The van der Waals surface area contributed by atoms with Crippen molar-refractivity contribution in [3.63, 3.8) is 0 Å². The molecule has 7 heteroatoms. The number of aliphatic carboxylic acids is 1. The van der Waals surface area contributed by atoms with E-state index in [4.69, 9.17) is 14.6 Å². The van der Waals surface area contributed by atoms with Crippen LogP contribution in [0.5, 0.6) is 0 Å². The van der Waals surface area contributed by atoms with Gasteiger partial charge in [-0.1, -0.05) is 77.0 Å². The highest BCUT2D eigenvalue weighted by Crippen LogP contribution is 2.21. The summed E-state index contributed by atoms with van der Waals surface area (Å²) in [6, 6.07) is 0. The molecule has 1 aliphatic rings. The lowest BCUT2D eigenvalue weighted by atomic mass is 10.0.